The number of benzene rings is 1. The highest BCUT2D eigenvalue weighted by molar-refractivity contribution is 6.30. The van der Waals surface area contributed by atoms with Gasteiger partial charge in [-0.3, -0.25) is 0 Å². The van der Waals surface area contributed by atoms with E-state index in [1.54, 1.807) is 0 Å². The monoisotopic (exact) mass is 307 g/mol. The SMILES string of the molecule is CCCNC(Cc1ccc(Cl)cc1)C1CCCCC1CC. The summed E-state index contributed by atoms with van der Waals surface area (Å²) < 4.78 is 0. The molecule has 0 aliphatic heterocycles. The molecule has 3 atom stereocenters. The molecule has 0 aromatic heterocycles. The average molecular weight is 308 g/mol. The van der Waals surface area contributed by atoms with Crippen molar-refractivity contribution >= 4 is 11.6 Å². The van der Waals surface area contributed by atoms with Crippen LogP contribution in [0, 0.1) is 11.8 Å². The molecule has 3 unspecified atom stereocenters. The van der Waals surface area contributed by atoms with Crippen LogP contribution in [0.1, 0.15) is 57.9 Å². The van der Waals surface area contributed by atoms with Gasteiger partial charge in [-0.05, 0) is 55.3 Å². The first-order valence-corrected chi connectivity index (χ1v) is 9.10. The number of rotatable bonds is 7. The van der Waals surface area contributed by atoms with Crippen molar-refractivity contribution in [2.45, 2.75) is 64.8 Å². The van der Waals surface area contributed by atoms with Crippen LogP contribution < -0.4 is 5.32 Å². The van der Waals surface area contributed by atoms with Crippen molar-refractivity contribution in [2.75, 3.05) is 6.54 Å². The third-order valence-electron chi connectivity index (χ3n) is 5.03. The van der Waals surface area contributed by atoms with Crippen LogP contribution in [0.3, 0.4) is 0 Å². The molecule has 21 heavy (non-hydrogen) atoms. The molecule has 1 aromatic carbocycles. The lowest BCUT2D eigenvalue weighted by atomic mass is 9.72. The maximum absolute atomic E-state index is 6.01. The van der Waals surface area contributed by atoms with E-state index in [0.29, 0.717) is 6.04 Å². The zero-order valence-electron chi connectivity index (χ0n) is 13.6. The van der Waals surface area contributed by atoms with Gasteiger partial charge in [0.25, 0.3) is 0 Å². The van der Waals surface area contributed by atoms with Crippen molar-refractivity contribution < 1.29 is 0 Å². The number of nitrogens with one attached hydrogen (secondary N) is 1. The average Bonchev–Trinajstić information content (AvgIpc) is 2.53. The molecule has 0 spiro atoms. The van der Waals surface area contributed by atoms with E-state index in [2.05, 4.69) is 31.3 Å². The quantitative estimate of drug-likeness (QED) is 0.704. The van der Waals surface area contributed by atoms with Gasteiger partial charge in [-0.25, -0.2) is 0 Å². The van der Waals surface area contributed by atoms with Crippen molar-refractivity contribution in [2.24, 2.45) is 11.8 Å². The number of halogens is 1. The van der Waals surface area contributed by atoms with Gasteiger partial charge in [0.1, 0.15) is 0 Å². The predicted octanol–water partition coefficient (Wildman–Crippen LogP) is 5.47. The third-order valence-corrected chi connectivity index (χ3v) is 5.29. The molecular weight excluding hydrogens is 278 g/mol. The van der Waals surface area contributed by atoms with Crippen molar-refractivity contribution in [3.05, 3.63) is 34.9 Å². The first kappa shape index (κ1) is 16.8. The molecule has 2 rings (SSSR count). The molecule has 1 aromatic rings. The van der Waals surface area contributed by atoms with E-state index >= 15 is 0 Å². The smallest absolute Gasteiger partial charge is 0.0406 e. The third kappa shape index (κ3) is 5.00. The van der Waals surface area contributed by atoms with E-state index in [-0.39, 0.29) is 0 Å². The van der Waals surface area contributed by atoms with Gasteiger partial charge in [-0.1, -0.05) is 63.3 Å². The summed E-state index contributed by atoms with van der Waals surface area (Å²) in [5.74, 6) is 1.74. The topological polar surface area (TPSA) is 12.0 Å². The van der Waals surface area contributed by atoms with Crippen molar-refractivity contribution in [3.8, 4) is 0 Å². The van der Waals surface area contributed by atoms with Crippen LogP contribution in [0.15, 0.2) is 24.3 Å². The highest BCUT2D eigenvalue weighted by atomic mass is 35.5. The Morgan fingerprint density at radius 2 is 1.86 bits per heavy atom. The highest BCUT2D eigenvalue weighted by Crippen LogP contribution is 2.35. The second kappa shape index (κ2) is 8.80. The fraction of sp³-hybridized carbons (Fsp3) is 0.684. The maximum Gasteiger partial charge on any atom is 0.0406 e. The van der Waals surface area contributed by atoms with E-state index in [1.165, 1.54) is 44.1 Å². The van der Waals surface area contributed by atoms with Crippen LogP contribution in [0.25, 0.3) is 0 Å². The lowest BCUT2D eigenvalue weighted by molar-refractivity contribution is 0.174. The van der Waals surface area contributed by atoms with E-state index < -0.39 is 0 Å². The van der Waals surface area contributed by atoms with Gasteiger partial charge in [-0.2, -0.15) is 0 Å². The fourth-order valence-corrected chi connectivity index (χ4v) is 3.98. The summed E-state index contributed by atoms with van der Waals surface area (Å²) in [7, 11) is 0. The number of hydrogen-bond acceptors (Lipinski definition) is 1. The Hall–Kier alpha value is -0.530. The Bertz CT molecular complexity index is 401. The summed E-state index contributed by atoms with van der Waals surface area (Å²) in [6, 6.07) is 9.04. The minimum atomic E-state index is 0.622. The Morgan fingerprint density at radius 1 is 1.14 bits per heavy atom. The summed E-state index contributed by atoms with van der Waals surface area (Å²) in [6.07, 6.45) is 9.33. The van der Waals surface area contributed by atoms with E-state index in [1.807, 2.05) is 12.1 Å². The molecule has 0 radical (unpaired) electrons. The number of hydrogen-bond donors (Lipinski definition) is 1. The van der Waals surface area contributed by atoms with E-state index in [0.717, 1.165) is 29.8 Å². The van der Waals surface area contributed by atoms with Crippen molar-refractivity contribution in [1.29, 1.82) is 0 Å². The summed E-state index contributed by atoms with van der Waals surface area (Å²) in [5.41, 5.74) is 1.41. The van der Waals surface area contributed by atoms with Gasteiger partial charge in [0.05, 0.1) is 0 Å². The van der Waals surface area contributed by atoms with Gasteiger partial charge < -0.3 is 5.32 Å². The van der Waals surface area contributed by atoms with Crippen LogP contribution in [0.2, 0.25) is 5.02 Å². The zero-order valence-corrected chi connectivity index (χ0v) is 14.3. The molecule has 0 bridgehead atoms. The van der Waals surface area contributed by atoms with Crippen LogP contribution >= 0.6 is 11.6 Å². The van der Waals surface area contributed by atoms with Crippen LogP contribution in [0.5, 0.6) is 0 Å². The van der Waals surface area contributed by atoms with Crippen LogP contribution in [0.4, 0.5) is 0 Å². The largest absolute Gasteiger partial charge is 0.313 e. The van der Waals surface area contributed by atoms with E-state index in [4.69, 9.17) is 11.6 Å². The molecule has 0 amide bonds. The molecule has 2 heteroatoms. The Balaban J connectivity index is 2.06. The molecule has 1 aliphatic rings. The molecule has 0 saturated heterocycles. The minimum Gasteiger partial charge on any atom is -0.313 e. The molecule has 1 saturated carbocycles. The van der Waals surface area contributed by atoms with Gasteiger partial charge in [0.15, 0.2) is 0 Å². The fourth-order valence-electron chi connectivity index (χ4n) is 3.85. The Kier molecular flexibility index (Phi) is 7.06. The zero-order chi connectivity index (χ0) is 15.1. The van der Waals surface area contributed by atoms with Crippen molar-refractivity contribution in [1.82, 2.24) is 5.32 Å². The molecule has 1 aliphatic carbocycles. The minimum absolute atomic E-state index is 0.622. The lowest BCUT2D eigenvalue weighted by Crippen LogP contribution is -2.43. The van der Waals surface area contributed by atoms with Crippen LogP contribution in [-0.4, -0.2) is 12.6 Å². The van der Waals surface area contributed by atoms with Gasteiger partial charge in [0.2, 0.25) is 0 Å². The summed E-state index contributed by atoms with van der Waals surface area (Å²) in [5, 5.41) is 4.67. The Labute approximate surface area is 135 Å². The molecule has 118 valence electrons. The lowest BCUT2D eigenvalue weighted by Gasteiger charge is -2.37. The molecule has 1 N–H and O–H groups in total. The van der Waals surface area contributed by atoms with Gasteiger partial charge >= 0.3 is 0 Å². The first-order chi connectivity index (χ1) is 10.2. The predicted molar refractivity (Wildman–Crippen MR) is 93.0 cm³/mol. The highest BCUT2D eigenvalue weighted by Gasteiger charge is 2.30. The summed E-state index contributed by atoms with van der Waals surface area (Å²) in [6.45, 7) is 5.75. The molecule has 1 nitrogen and oxygen atoms in total. The molecule has 1 fully saturated rings. The second-order valence-electron chi connectivity index (χ2n) is 6.51. The van der Waals surface area contributed by atoms with Gasteiger partial charge in [0, 0.05) is 11.1 Å². The van der Waals surface area contributed by atoms with Crippen molar-refractivity contribution in [3.63, 3.8) is 0 Å². The molecular formula is C19H30ClN. The standard InChI is InChI=1S/C19H30ClN/c1-3-13-21-19(14-15-9-11-17(20)12-10-15)18-8-6-5-7-16(18)4-2/h9-12,16,18-19,21H,3-8,13-14H2,1-2H3. The summed E-state index contributed by atoms with van der Waals surface area (Å²) >= 11 is 6.01. The maximum atomic E-state index is 6.01. The second-order valence-corrected chi connectivity index (χ2v) is 6.94. The Morgan fingerprint density at radius 3 is 2.52 bits per heavy atom. The molecule has 0 heterocycles. The van der Waals surface area contributed by atoms with Gasteiger partial charge in [-0.15, -0.1) is 0 Å². The first-order valence-electron chi connectivity index (χ1n) is 8.72. The van der Waals surface area contributed by atoms with E-state index in [9.17, 15) is 0 Å². The summed E-state index contributed by atoms with van der Waals surface area (Å²) in [4.78, 5) is 0. The normalized spacial score (nSPS) is 24.0. The van der Waals surface area contributed by atoms with Crippen LogP contribution in [-0.2, 0) is 6.42 Å².